The summed E-state index contributed by atoms with van der Waals surface area (Å²) in [5.74, 6) is 0.884. The summed E-state index contributed by atoms with van der Waals surface area (Å²) in [5, 5.41) is 14.5. The molecule has 1 aliphatic heterocycles. The van der Waals surface area contributed by atoms with Crippen molar-refractivity contribution in [1.82, 2.24) is 14.7 Å². The lowest BCUT2D eigenvalue weighted by molar-refractivity contribution is -0.0879. The molecule has 1 aliphatic carbocycles. The summed E-state index contributed by atoms with van der Waals surface area (Å²) in [6.45, 7) is 2.55. The first-order valence-corrected chi connectivity index (χ1v) is 9.74. The third-order valence-electron chi connectivity index (χ3n) is 6.29. The number of rotatable bonds is 6. The van der Waals surface area contributed by atoms with E-state index in [4.69, 9.17) is 9.47 Å². The van der Waals surface area contributed by atoms with Gasteiger partial charge in [-0.2, -0.15) is 5.10 Å². The van der Waals surface area contributed by atoms with Crippen molar-refractivity contribution in [3.63, 3.8) is 0 Å². The number of aromatic nitrogens is 2. The highest BCUT2D eigenvalue weighted by atomic mass is 16.5. The Hall–Kier alpha value is -1.89. The van der Waals surface area contributed by atoms with E-state index in [1.54, 1.807) is 13.3 Å². The second kappa shape index (κ2) is 7.62. The van der Waals surface area contributed by atoms with Crippen molar-refractivity contribution in [2.45, 2.75) is 56.5 Å². The summed E-state index contributed by atoms with van der Waals surface area (Å²) in [6.07, 6.45) is 7.15. The number of benzene rings is 1. The van der Waals surface area contributed by atoms with Crippen molar-refractivity contribution in [2.24, 2.45) is 0 Å². The van der Waals surface area contributed by atoms with Crippen LogP contribution < -0.4 is 4.74 Å². The average Bonchev–Trinajstić information content (AvgIpc) is 3.31. The number of fused-ring (bicyclic) bond motifs is 1. The Balaban J connectivity index is 1.54. The maximum absolute atomic E-state index is 10.2. The number of nitrogens with zero attached hydrogens (tertiary/aromatic N) is 3. The standard InChI is InChI=1S/C21H29N3O3/c1-26-19-5-4-16(12-17(19)15-24-10-3-9-22-24)14-23-11-8-21(27-2)7-6-18(25)13-20(21)23/h3-5,9-10,12,18,20,25H,6-8,11,13-15H2,1-2H3/t18-,20+,21-/m1/s1. The SMILES string of the molecule is COc1ccc(CN2CC[C@]3(OC)CC[C@@H](O)C[C@H]23)cc1Cn1cccn1. The molecule has 6 heteroatoms. The van der Waals surface area contributed by atoms with Gasteiger partial charge in [0.05, 0.1) is 25.4 Å². The predicted molar refractivity (Wildman–Crippen MR) is 103 cm³/mol. The Morgan fingerprint density at radius 1 is 1.26 bits per heavy atom. The van der Waals surface area contributed by atoms with Crippen LogP contribution in [-0.4, -0.2) is 58.3 Å². The minimum atomic E-state index is -0.217. The Morgan fingerprint density at radius 2 is 2.15 bits per heavy atom. The van der Waals surface area contributed by atoms with Crippen molar-refractivity contribution in [3.8, 4) is 5.75 Å². The molecule has 2 aromatic rings. The summed E-state index contributed by atoms with van der Waals surface area (Å²) in [4.78, 5) is 2.48. The van der Waals surface area contributed by atoms with Crippen molar-refractivity contribution in [3.05, 3.63) is 47.8 Å². The Morgan fingerprint density at radius 3 is 2.89 bits per heavy atom. The molecule has 4 rings (SSSR count). The Kier molecular flexibility index (Phi) is 5.21. The number of hydrogen-bond acceptors (Lipinski definition) is 5. The molecule has 2 aliphatic rings. The lowest BCUT2D eigenvalue weighted by Crippen LogP contribution is -2.51. The predicted octanol–water partition coefficient (Wildman–Crippen LogP) is 2.44. The number of hydrogen-bond donors (Lipinski definition) is 1. The fourth-order valence-corrected chi connectivity index (χ4v) is 4.82. The van der Waals surface area contributed by atoms with Crippen LogP contribution in [0.3, 0.4) is 0 Å². The van der Waals surface area contributed by atoms with Gasteiger partial charge in [0.15, 0.2) is 0 Å². The van der Waals surface area contributed by atoms with E-state index in [1.165, 1.54) is 5.56 Å². The molecule has 1 saturated carbocycles. The summed E-state index contributed by atoms with van der Waals surface area (Å²) >= 11 is 0. The molecule has 1 aromatic carbocycles. The lowest BCUT2D eigenvalue weighted by Gasteiger charge is -2.42. The van der Waals surface area contributed by atoms with Gasteiger partial charge in [-0.1, -0.05) is 6.07 Å². The van der Waals surface area contributed by atoms with Crippen LogP contribution in [0.5, 0.6) is 5.75 Å². The van der Waals surface area contributed by atoms with Gasteiger partial charge in [0.25, 0.3) is 0 Å². The van der Waals surface area contributed by atoms with Gasteiger partial charge in [-0.3, -0.25) is 9.58 Å². The largest absolute Gasteiger partial charge is 0.496 e. The van der Waals surface area contributed by atoms with E-state index in [-0.39, 0.29) is 17.7 Å². The van der Waals surface area contributed by atoms with E-state index in [2.05, 4.69) is 22.1 Å². The highest BCUT2D eigenvalue weighted by Crippen LogP contribution is 2.43. The third kappa shape index (κ3) is 3.61. The normalized spacial score (nSPS) is 28.3. The molecule has 27 heavy (non-hydrogen) atoms. The molecule has 2 heterocycles. The summed E-state index contributed by atoms with van der Waals surface area (Å²) < 4.78 is 13.4. The molecule has 6 nitrogen and oxygen atoms in total. The number of aliphatic hydroxyl groups excluding tert-OH is 1. The zero-order valence-electron chi connectivity index (χ0n) is 16.2. The first kappa shape index (κ1) is 18.5. The number of methoxy groups -OCH3 is 2. The maximum atomic E-state index is 10.2. The quantitative estimate of drug-likeness (QED) is 0.845. The van der Waals surface area contributed by atoms with E-state index in [1.807, 2.05) is 30.1 Å². The fraction of sp³-hybridized carbons (Fsp3) is 0.571. The topological polar surface area (TPSA) is 59.8 Å². The fourth-order valence-electron chi connectivity index (χ4n) is 4.82. The van der Waals surface area contributed by atoms with Crippen molar-refractivity contribution in [2.75, 3.05) is 20.8 Å². The van der Waals surface area contributed by atoms with E-state index in [9.17, 15) is 5.11 Å². The van der Waals surface area contributed by atoms with Gasteiger partial charge in [0.1, 0.15) is 5.75 Å². The summed E-state index contributed by atoms with van der Waals surface area (Å²) in [5.41, 5.74) is 2.29. The number of aliphatic hydroxyl groups is 1. The van der Waals surface area contributed by atoms with Crippen LogP contribution in [0.25, 0.3) is 0 Å². The van der Waals surface area contributed by atoms with Crippen LogP contribution in [0, 0.1) is 0 Å². The van der Waals surface area contributed by atoms with Gasteiger partial charge in [0.2, 0.25) is 0 Å². The summed E-state index contributed by atoms with van der Waals surface area (Å²) in [7, 11) is 3.53. The van der Waals surface area contributed by atoms with Gasteiger partial charge in [-0.25, -0.2) is 0 Å². The lowest BCUT2D eigenvalue weighted by atomic mass is 9.79. The second-order valence-electron chi connectivity index (χ2n) is 7.78. The molecule has 146 valence electrons. The molecular weight excluding hydrogens is 342 g/mol. The van der Waals surface area contributed by atoms with E-state index >= 15 is 0 Å². The zero-order valence-corrected chi connectivity index (χ0v) is 16.2. The van der Waals surface area contributed by atoms with Crippen LogP contribution in [-0.2, 0) is 17.8 Å². The Bertz CT molecular complexity index is 764. The molecule has 3 atom stereocenters. The van der Waals surface area contributed by atoms with Gasteiger partial charge in [0, 0.05) is 44.2 Å². The van der Waals surface area contributed by atoms with Crippen LogP contribution >= 0.6 is 0 Å². The molecule has 0 spiro atoms. The number of likely N-dealkylation sites (tertiary alicyclic amines) is 1. The first-order chi connectivity index (χ1) is 13.1. The molecular formula is C21H29N3O3. The molecule has 1 saturated heterocycles. The molecule has 0 unspecified atom stereocenters. The van der Waals surface area contributed by atoms with Gasteiger partial charge in [-0.05, 0) is 49.4 Å². The number of ether oxygens (including phenoxy) is 2. The summed E-state index contributed by atoms with van der Waals surface area (Å²) in [6, 6.07) is 8.61. The van der Waals surface area contributed by atoms with Crippen LogP contribution in [0.2, 0.25) is 0 Å². The molecule has 1 N–H and O–H groups in total. The van der Waals surface area contributed by atoms with Crippen molar-refractivity contribution in [1.29, 1.82) is 0 Å². The van der Waals surface area contributed by atoms with Crippen LogP contribution in [0.15, 0.2) is 36.7 Å². The smallest absolute Gasteiger partial charge is 0.123 e. The van der Waals surface area contributed by atoms with Crippen LogP contribution in [0.4, 0.5) is 0 Å². The highest BCUT2D eigenvalue weighted by molar-refractivity contribution is 5.37. The monoisotopic (exact) mass is 371 g/mol. The molecule has 0 amide bonds. The van der Waals surface area contributed by atoms with Gasteiger partial charge in [-0.15, -0.1) is 0 Å². The maximum Gasteiger partial charge on any atom is 0.123 e. The molecule has 1 aromatic heterocycles. The third-order valence-corrected chi connectivity index (χ3v) is 6.29. The highest BCUT2D eigenvalue weighted by Gasteiger charge is 2.50. The molecule has 2 fully saturated rings. The van der Waals surface area contributed by atoms with Crippen molar-refractivity contribution < 1.29 is 14.6 Å². The van der Waals surface area contributed by atoms with Gasteiger partial charge < -0.3 is 14.6 Å². The van der Waals surface area contributed by atoms with Crippen LogP contribution in [0.1, 0.15) is 36.8 Å². The zero-order chi connectivity index (χ0) is 18.9. The van der Waals surface area contributed by atoms with E-state index in [0.717, 1.165) is 50.1 Å². The first-order valence-electron chi connectivity index (χ1n) is 9.74. The van der Waals surface area contributed by atoms with E-state index < -0.39 is 0 Å². The molecule has 0 bridgehead atoms. The van der Waals surface area contributed by atoms with Crippen molar-refractivity contribution >= 4 is 0 Å². The average molecular weight is 371 g/mol. The minimum Gasteiger partial charge on any atom is -0.496 e. The molecule has 0 radical (unpaired) electrons. The van der Waals surface area contributed by atoms with Gasteiger partial charge >= 0.3 is 0 Å². The van der Waals surface area contributed by atoms with E-state index in [0.29, 0.717) is 6.54 Å². The second-order valence-corrected chi connectivity index (χ2v) is 7.78. The Labute approximate surface area is 160 Å². The minimum absolute atomic E-state index is 0.0937.